The Hall–Kier alpha value is -1.56. The number of rotatable bonds is 2. The first-order valence-corrected chi connectivity index (χ1v) is 5.79. The van der Waals surface area contributed by atoms with Crippen molar-refractivity contribution in [3.8, 4) is 0 Å². The second-order valence-corrected chi connectivity index (χ2v) is 4.61. The fourth-order valence-corrected chi connectivity index (χ4v) is 2.08. The van der Waals surface area contributed by atoms with Crippen molar-refractivity contribution in [2.75, 3.05) is 11.9 Å². The van der Waals surface area contributed by atoms with Gasteiger partial charge in [-0.2, -0.15) is 0 Å². The van der Waals surface area contributed by atoms with Gasteiger partial charge in [-0.05, 0) is 0 Å². The van der Waals surface area contributed by atoms with Gasteiger partial charge in [-0.1, -0.05) is 11.6 Å². The van der Waals surface area contributed by atoms with E-state index in [9.17, 15) is 8.78 Å². The molecule has 2 heterocycles. The molecule has 1 aliphatic carbocycles. The molecule has 1 saturated carbocycles. The number of fused-ring (bicyclic) bond motifs is 1. The van der Waals surface area contributed by atoms with Gasteiger partial charge in [0.05, 0.1) is 11.4 Å². The van der Waals surface area contributed by atoms with E-state index in [1.54, 1.807) is 11.9 Å². The van der Waals surface area contributed by atoms with E-state index < -0.39 is 12.0 Å². The Balaban J connectivity index is 2.15. The highest BCUT2D eigenvalue weighted by Crippen LogP contribution is 2.35. The standard InChI is InChI=1S/C11H9ClF2N4/c1-18(7-2-6(7)13)11-5-3-15-10(12)8(14)9(5)16-4-17-11/h3-4,6-7H,2H2,1H3/t6-,7-/m1/s1. The first kappa shape index (κ1) is 11.5. The van der Waals surface area contributed by atoms with E-state index in [0.717, 1.165) is 0 Å². The minimum absolute atomic E-state index is 0.0999. The van der Waals surface area contributed by atoms with Crippen LogP contribution in [0.1, 0.15) is 6.42 Å². The third kappa shape index (κ3) is 1.68. The van der Waals surface area contributed by atoms with Gasteiger partial charge in [-0.3, -0.25) is 0 Å². The normalized spacial score (nSPS) is 22.2. The molecular formula is C11H9ClF2N4. The van der Waals surface area contributed by atoms with Crippen molar-refractivity contribution in [1.82, 2.24) is 15.0 Å². The van der Waals surface area contributed by atoms with Crippen molar-refractivity contribution in [3.05, 3.63) is 23.5 Å². The molecule has 0 radical (unpaired) electrons. The highest BCUT2D eigenvalue weighted by atomic mass is 35.5. The molecule has 3 rings (SSSR count). The average molecular weight is 271 g/mol. The summed E-state index contributed by atoms with van der Waals surface area (Å²) in [5.74, 6) is -0.216. The fourth-order valence-electron chi connectivity index (χ4n) is 1.95. The lowest BCUT2D eigenvalue weighted by atomic mass is 10.2. The van der Waals surface area contributed by atoms with Crippen molar-refractivity contribution in [2.45, 2.75) is 18.6 Å². The van der Waals surface area contributed by atoms with Crippen molar-refractivity contribution in [1.29, 1.82) is 0 Å². The second-order valence-electron chi connectivity index (χ2n) is 4.25. The monoisotopic (exact) mass is 270 g/mol. The van der Waals surface area contributed by atoms with Crippen LogP contribution in [0.15, 0.2) is 12.5 Å². The summed E-state index contributed by atoms with van der Waals surface area (Å²) in [5.41, 5.74) is 0.0999. The van der Waals surface area contributed by atoms with Crippen LogP contribution in [0.4, 0.5) is 14.6 Å². The molecule has 0 spiro atoms. The predicted octanol–water partition coefficient (Wildman–Crippen LogP) is 2.36. The van der Waals surface area contributed by atoms with Crippen molar-refractivity contribution in [2.24, 2.45) is 0 Å². The van der Waals surface area contributed by atoms with Gasteiger partial charge >= 0.3 is 0 Å². The van der Waals surface area contributed by atoms with Crippen LogP contribution in [0.25, 0.3) is 10.9 Å². The highest BCUT2D eigenvalue weighted by Gasteiger charge is 2.42. The lowest BCUT2D eigenvalue weighted by Gasteiger charge is -2.18. The largest absolute Gasteiger partial charge is 0.353 e. The minimum Gasteiger partial charge on any atom is -0.353 e. The summed E-state index contributed by atoms with van der Waals surface area (Å²) in [6.45, 7) is 0. The smallest absolute Gasteiger partial charge is 0.186 e. The summed E-state index contributed by atoms with van der Waals surface area (Å²) >= 11 is 5.60. The van der Waals surface area contributed by atoms with Crippen LogP contribution in [0.3, 0.4) is 0 Å². The van der Waals surface area contributed by atoms with Gasteiger partial charge in [-0.25, -0.2) is 23.7 Å². The molecule has 0 bridgehead atoms. The third-order valence-corrected chi connectivity index (χ3v) is 3.33. The van der Waals surface area contributed by atoms with Crippen LogP contribution >= 0.6 is 11.6 Å². The Morgan fingerprint density at radius 1 is 1.39 bits per heavy atom. The van der Waals surface area contributed by atoms with Crippen LogP contribution < -0.4 is 4.90 Å². The molecule has 1 fully saturated rings. The van der Waals surface area contributed by atoms with Crippen molar-refractivity contribution >= 4 is 28.3 Å². The summed E-state index contributed by atoms with van der Waals surface area (Å²) in [5, 5.41) is 0.200. The van der Waals surface area contributed by atoms with E-state index in [1.165, 1.54) is 12.5 Å². The number of aromatic nitrogens is 3. The van der Waals surface area contributed by atoms with Gasteiger partial charge in [0.15, 0.2) is 11.0 Å². The molecule has 18 heavy (non-hydrogen) atoms. The molecule has 0 aliphatic heterocycles. The van der Waals surface area contributed by atoms with Crippen LogP contribution in [-0.2, 0) is 0 Å². The molecule has 0 aromatic carbocycles. The summed E-state index contributed by atoms with van der Waals surface area (Å²) < 4.78 is 26.8. The number of pyridine rings is 1. The maximum absolute atomic E-state index is 13.8. The maximum Gasteiger partial charge on any atom is 0.186 e. The van der Waals surface area contributed by atoms with E-state index in [-0.39, 0.29) is 16.7 Å². The fraction of sp³-hybridized carbons (Fsp3) is 0.364. The molecule has 7 heteroatoms. The number of alkyl halides is 1. The van der Waals surface area contributed by atoms with E-state index in [1.807, 2.05) is 0 Å². The Kier molecular flexibility index (Phi) is 2.55. The number of anilines is 1. The SMILES string of the molecule is CN(c1ncnc2c(F)c(Cl)ncc12)[C@@H]1C[C@H]1F. The Bertz CT molecular complexity index is 621. The molecular weight excluding hydrogens is 262 g/mol. The first-order chi connectivity index (χ1) is 8.59. The quantitative estimate of drug-likeness (QED) is 0.786. The van der Waals surface area contributed by atoms with Gasteiger partial charge in [0.2, 0.25) is 0 Å². The molecule has 2 aromatic rings. The summed E-state index contributed by atoms with van der Waals surface area (Å²) in [4.78, 5) is 13.3. The first-order valence-electron chi connectivity index (χ1n) is 5.41. The zero-order valence-corrected chi connectivity index (χ0v) is 10.2. The van der Waals surface area contributed by atoms with Crippen LogP contribution in [-0.4, -0.2) is 34.2 Å². The lowest BCUT2D eigenvalue weighted by molar-refractivity contribution is 0.464. The zero-order chi connectivity index (χ0) is 12.9. The van der Waals surface area contributed by atoms with Crippen LogP contribution in [0.5, 0.6) is 0 Å². The van der Waals surface area contributed by atoms with Gasteiger partial charge in [0.25, 0.3) is 0 Å². The Labute approximate surface area is 107 Å². The van der Waals surface area contributed by atoms with E-state index in [0.29, 0.717) is 17.6 Å². The summed E-state index contributed by atoms with van der Waals surface area (Å²) in [6, 6.07) is -0.207. The Morgan fingerprint density at radius 2 is 2.11 bits per heavy atom. The number of nitrogens with zero attached hydrogens (tertiary/aromatic N) is 4. The van der Waals surface area contributed by atoms with Gasteiger partial charge in [-0.15, -0.1) is 0 Å². The highest BCUT2D eigenvalue weighted by molar-refractivity contribution is 6.30. The molecule has 0 unspecified atom stereocenters. The van der Waals surface area contributed by atoms with Crippen LogP contribution in [0, 0.1) is 5.82 Å². The molecule has 0 N–H and O–H groups in total. The second kappa shape index (κ2) is 3.98. The molecule has 1 aliphatic rings. The maximum atomic E-state index is 13.8. The van der Waals surface area contributed by atoms with E-state index >= 15 is 0 Å². The Morgan fingerprint density at radius 3 is 2.78 bits per heavy atom. The molecule has 2 aromatic heterocycles. The summed E-state index contributed by atoms with van der Waals surface area (Å²) in [6.07, 6.45) is 2.25. The van der Waals surface area contributed by atoms with Gasteiger partial charge in [0, 0.05) is 19.7 Å². The van der Waals surface area contributed by atoms with Gasteiger partial charge in [0.1, 0.15) is 23.8 Å². The zero-order valence-electron chi connectivity index (χ0n) is 9.44. The van der Waals surface area contributed by atoms with Crippen molar-refractivity contribution < 1.29 is 8.78 Å². The third-order valence-electron chi connectivity index (χ3n) is 3.07. The summed E-state index contributed by atoms with van der Waals surface area (Å²) in [7, 11) is 1.72. The topological polar surface area (TPSA) is 41.9 Å². The molecule has 4 nitrogen and oxygen atoms in total. The predicted molar refractivity (Wildman–Crippen MR) is 64.0 cm³/mol. The molecule has 2 atom stereocenters. The minimum atomic E-state index is -0.856. The van der Waals surface area contributed by atoms with Gasteiger partial charge < -0.3 is 4.90 Å². The average Bonchev–Trinajstić information content (AvgIpc) is 3.10. The molecule has 94 valence electrons. The van der Waals surface area contributed by atoms with E-state index in [4.69, 9.17) is 11.6 Å². The van der Waals surface area contributed by atoms with E-state index in [2.05, 4.69) is 15.0 Å². The molecule has 0 saturated heterocycles. The van der Waals surface area contributed by atoms with Crippen LogP contribution in [0.2, 0.25) is 5.15 Å². The number of hydrogen-bond donors (Lipinski definition) is 0. The molecule has 0 amide bonds. The number of hydrogen-bond acceptors (Lipinski definition) is 4. The number of halogens is 3. The van der Waals surface area contributed by atoms with Crippen molar-refractivity contribution in [3.63, 3.8) is 0 Å². The lowest BCUT2D eigenvalue weighted by Crippen LogP contribution is -2.23.